The minimum atomic E-state index is 0.0645. The predicted octanol–water partition coefficient (Wildman–Crippen LogP) is 3.00. The summed E-state index contributed by atoms with van der Waals surface area (Å²) in [5.74, 6) is 0.897. The third-order valence-electron chi connectivity index (χ3n) is 3.21. The van der Waals surface area contributed by atoms with E-state index in [1.54, 1.807) is 11.8 Å². The van der Waals surface area contributed by atoms with E-state index in [0.717, 1.165) is 24.2 Å². The molecule has 0 aliphatic carbocycles. The lowest BCUT2D eigenvalue weighted by Gasteiger charge is -2.15. The van der Waals surface area contributed by atoms with E-state index in [-0.39, 0.29) is 12.5 Å². The Bertz CT molecular complexity index is 386. The normalized spacial score (nSPS) is 12.2. The molecule has 0 aliphatic rings. The maximum Gasteiger partial charge on any atom is 0.230 e. The highest BCUT2D eigenvalue weighted by Gasteiger charge is 2.09. The maximum absolute atomic E-state index is 11.8. The molecule has 0 radical (unpaired) electrons. The van der Waals surface area contributed by atoms with E-state index in [9.17, 15) is 4.79 Å². The van der Waals surface area contributed by atoms with Crippen LogP contribution < -0.4 is 5.32 Å². The molecule has 1 aromatic rings. The molecule has 3 nitrogen and oxygen atoms in total. The van der Waals surface area contributed by atoms with Crippen molar-refractivity contribution in [2.75, 3.05) is 18.9 Å². The first-order chi connectivity index (χ1) is 9.65. The number of carbonyl (C=O) groups excluding carboxylic acids is 1. The number of amides is 1. The van der Waals surface area contributed by atoms with Crippen LogP contribution in [0, 0.1) is 12.8 Å². The Labute approximate surface area is 126 Å². The Morgan fingerprint density at radius 3 is 2.60 bits per heavy atom. The van der Waals surface area contributed by atoms with Crippen LogP contribution in [0.4, 0.5) is 0 Å². The van der Waals surface area contributed by atoms with Crippen molar-refractivity contribution in [3.05, 3.63) is 29.8 Å². The molecule has 4 heteroatoms. The van der Waals surface area contributed by atoms with Crippen molar-refractivity contribution in [2.45, 2.75) is 38.0 Å². The van der Waals surface area contributed by atoms with Crippen molar-refractivity contribution in [3.63, 3.8) is 0 Å². The molecule has 0 aliphatic heterocycles. The second-order valence-electron chi connectivity index (χ2n) is 5.07. The van der Waals surface area contributed by atoms with Gasteiger partial charge in [0.1, 0.15) is 0 Å². The van der Waals surface area contributed by atoms with Gasteiger partial charge in [-0.15, -0.1) is 11.8 Å². The number of aliphatic hydroxyl groups excluding tert-OH is 1. The summed E-state index contributed by atoms with van der Waals surface area (Å²) in [6.45, 7) is 5.04. The first kappa shape index (κ1) is 17.1. The quantitative estimate of drug-likeness (QED) is 0.689. The molecule has 1 amide bonds. The van der Waals surface area contributed by atoms with E-state index in [0.29, 0.717) is 18.2 Å². The van der Waals surface area contributed by atoms with Crippen LogP contribution in [0.5, 0.6) is 0 Å². The van der Waals surface area contributed by atoms with E-state index >= 15 is 0 Å². The van der Waals surface area contributed by atoms with E-state index in [1.165, 1.54) is 5.56 Å². The van der Waals surface area contributed by atoms with Crippen LogP contribution in [0.15, 0.2) is 29.2 Å². The number of aryl methyl sites for hydroxylation is 1. The molecule has 20 heavy (non-hydrogen) atoms. The summed E-state index contributed by atoms with van der Waals surface area (Å²) >= 11 is 1.55. The molecule has 0 saturated carbocycles. The number of aliphatic hydroxyl groups is 1. The van der Waals surface area contributed by atoms with Gasteiger partial charge in [0.2, 0.25) is 5.91 Å². The summed E-state index contributed by atoms with van der Waals surface area (Å²) in [6, 6.07) is 8.19. The lowest BCUT2D eigenvalue weighted by Crippen LogP contribution is -2.31. The second-order valence-corrected chi connectivity index (χ2v) is 6.12. The number of thioether (sulfide) groups is 1. The first-order valence-electron chi connectivity index (χ1n) is 7.22. The van der Waals surface area contributed by atoms with Gasteiger partial charge in [-0.25, -0.2) is 0 Å². The third-order valence-corrected chi connectivity index (χ3v) is 4.23. The first-order valence-corrected chi connectivity index (χ1v) is 8.21. The summed E-state index contributed by atoms with van der Waals surface area (Å²) in [5.41, 5.74) is 1.23. The Morgan fingerprint density at radius 1 is 1.30 bits per heavy atom. The number of hydrogen-bond acceptors (Lipinski definition) is 3. The molecule has 1 aromatic carbocycles. The van der Waals surface area contributed by atoms with Crippen LogP contribution in [0.2, 0.25) is 0 Å². The van der Waals surface area contributed by atoms with E-state index in [1.807, 2.05) is 12.1 Å². The van der Waals surface area contributed by atoms with E-state index in [4.69, 9.17) is 5.11 Å². The second kappa shape index (κ2) is 9.83. The zero-order valence-electron chi connectivity index (χ0n) is 12.4. The van der Waals surface area contributed by atoms with Gasteiger partial charge in [-0.1, -0.05) is 31.0 Å². The Kier molecular flexibility index (Phi) is 8.38. The number of carbonyl (C=O) groups is 1. The van der Waals surface area contributed by atoms with Gasteiger partial charge in [-0.3, -0.25) is 4.79 Å². The molecule has 2 N–H and O–H groups in total. The van der Waals surface area contributed by atoms with Crippen molar-refractivity contribution >= 4 is 17.7 Å². The van der Waals surface area contributed by atoms with Crippen molar-refractivity contribution in [1.29, 1.82) is 0 Å². The molecular weight excluding hydrogens is 270 g/mol. The summed E-state index contributed by atoms with van der Waals surface area (Å²) in [6.07, 6.45) is 2.89. The monoisotopic (exact) mass is 295 g/mol. The van der Waals surface area contributed by atoms with Crippen molar-refractivity contribution in [3.8, 4) is 0 Å². The Morgan fingerprint density at radius 2 is 2.00 bits per heavy atom. The van der Waals surface area contributed by atoms with Crippen LogP contribution in [0.3, 0.4) is 0 Å². The van der Waals surface area contributed by atoms with Crippen LogP contribution in [0.1, 0.15) is 31.7 Å². The summed E-state index contributed by atoms with van der Waals surface area (Å²) in [4.78, 5) is 12.9. The fraction of sp³-hybridized carbons (Fsp3) is 0.562. The number of rotatable bonds is 9. The average Bonchev–Trinajstić information content (AvgIpc) is 2.44. The van der Waals surface area contributed by atoms with E-state index in [2.05, 4.69) is 31.3 Å². The maximum atomic E-state index is 11.8. The van der Waals surface area contributed by atoms with Gasteiger partial charge in [0.25, 0.3) is 0 Å². The minimum Gasteiger partial charge on any atom is -0.396 e. The molecule has 0 spiro atoms. The zero-order chi connectivity index (χ0) is 14.8. The van der Waals surface area contributed by atoms with Crippen molar-refractivity contribution < 1.29 is 9.90 Å². The van der Waals surface area contributed by atoms with Crippen LogP contribution in [0.25, 0.3) is 0 Å². The summed E-state index contributed by atoms with van der Waals surface area (Å²) in [7, 11) is 0. The van der Waals surface area contributed by atoms with Crippen molar-refractivity contribution in [2.24, 2.45) is 5.92 Å². The predicted molar refractivity (Wildman–Crippen MR) is 85.0 cm³/mol. The van der Waals surface area contributed by atoms with Crippen LogP contribution in [-0.4, -0.2) is 29.9 Å². The average molecular weight is 295 g/mol. The Hall–Kier alpha value is -1.00. The van der Waals surface area contributed by atoms with E-state index < -0.39 is 0 Å². The van der Waals surface area contributed by atoms with Gasteiger partial charge < -0.3 is 10.4 Å². The molecule has 1 atom stereocenters. The minimum absolute atomic E-state index is 0.0645. The van der Waals surface area contributed by atoms with Gasteiger partial charge in [-0.2, -0.15) is 0 Å². The van der Waals surface area contributed by atoms with Gasteiger partial charge in [-0.05, 0) is 37.8 Å². The zero-order valence-corrected chi connectivity index (χ0v) is 13.2. The summed E-state index contributed by atoms with van der Waals surface area (Å²) < 4.78 is 0. The van der Waals surface area contributed by atoms with Gasteiger partial charge in [0.15, 0.2) is 0 Å². The number of benzene rings is 1. The fourth-order valence-corrected chi connectivity index (χ4v) is 2.76. The van der Waals surface area contributed by atoms with Gasteiger partial charge in [0.05, 0.1) is 5.75 Å². The summed E-state index contributed by atoms with van der Waals surface area (Å²) in [5, 5.41) is 11.9. The topological polar surface area (TPSA) is 49.3 Å². The molecule has 0 heterocycles. The number of hydrogen-bond donors (Lipinski definition) is 2. The van der Waals surface area contributed by atoms with Crippen LogP contribution >= 0.6 is 11.8 Å². The molecule has 0 saturated heterocycles. The lowest BCUT2D eigenvalue weighted by atomic mass is 10.0. The molecule has 112 valence electrons. The highest BCUT2D eigenvalue weighted by molar-refractivity contribution is 8.00. The largest absolute Gasteiger partial charge is 0.396 e. The Balaban J connectivity index is 2.27. The van der Waals surface area contributed by atoms with Gasteiger partial charge >= 0.3 is 0 Å². The van der Waals surface area contributed by atoms with Crippen LogP contribution in [-0.2, 0) is 4.79 Å². The molecular formula is C16H25NO2S. The van der Waals surface area contributed by atoms with Crippen molar-refractivity contribution in [1.82, 2.24) is 5.32 Å². The standard InChI is InChI=1S/C16H25NO2S/c1-3-4-14(9-10-18)11-17-16(19)12-20-15-7-5-13(2)6-8-15/h5-8,14,18H,3-4,9-12H2,1-2H3,(H,17,19). The highest BCUT2D eigenvalue weighted by atomic mass is 32.2. The molecule has 0 fully saturated rings. The fourth-order valence-electron chi connectivity index (χ4n) is 2.03. The smallest absolute Gasteiger partial charge is 0.230 e. The molecule has 0 aromatic heterocycles. The highest BCUT2D eigenvalue weighted by Crippen LogP contribution is 2.18. The number of nitrogens with one attached hydrogen (secondary N) is 1. The lowest BCUT2D eigenvalue weighted by molar-refractivity contribution is -0.118. The van der Waals surface area contributed by atoms with Gasteiger partial charge in [0, 0.05) is 18.0 Å². The molecule has 1 unspecified atom stereocenters. The third kappa shape index (κ3) is 6.96. The molecule has 1 rings (SSSR count). The molecule has 0 bridgehead atoms. The SMILES string of the molecule is CCCC(CCO)CNC(=O)CSc1ccc(C)cc1.